The molecular weight excluding hydrogens is 176 g/mol. The molecule has 0 spiro atoms. The highest BCUT2D eigenvalue weighted by Crippen LogP contribution is 2.21. The summed E-state index contributed by atoms with van der Waals surface area (Å²) in [5, 5.41) is 15.1. The van der Waals surface area contributed by atoms with E-state index in [1.54, 1.807) is 11.2 Å². The molecule has 4 nitrogen and oxygen atoms in total. The van der Waals surface area contributed by atoms with E-state index in [1.807, 2.05) is 5.01 Å². The van der Waals surface area contributed by atoms with Gasteiger partial charge in [0.1, 0.15) is 12.5 Å². The molecule has 14 heavy (non-hydrogen) atoms. The third-order valence-electron chi connectivity index (χ3n) is 2.26. The smallest absolute Gasteiger partial charge is 0.187 e. The van der Waals surface area contributed by atoms with Crippen molar-refractivity contribution in [3.05, 3.63) is 0 Å². The molecule has 0 radical (unpaired) electrons. The summed E-state index contributed by atoms with van der Waals surface area (Å²) >= 11 is 0. The minimum atomic E-state index is 0.111. The van der Waals surface area contributed by atoms with Gasteiger partial charge in [0.15, 0.2) is 6.19 Å². The van der Waals surface area contributed by atoms with Crippen molar-refractivity contribution < 1.29 is 0 Å². The van der Waals surface area contributed by atoms with Gasteiger partial charge in [0.25, 0.3) is 0 Å². The molecule has 1 unspecified atom stereocenters. The summed E-state index contributed by atoms with van der Waals surface area (Å²) in [6, 6.07) is 0.341. The minimum Gasteiger partial charge on any atom is -0.270 e. The fourth-order valence-corrected chi connectivity index (χ4v) is 1.61. The molecule has 78 valence electrons. The molecule has 0 amide bonds. The summed E-state index contributed by atoms with van der Waals surface area (Å²) in [4.78, 5) is 1.62. The van der Waals surface area contributed by atoms with E-state index < -0.39 is 0 Å². The van der Waals surface area contributed by atoms with E-state index in [1.165, 1.54) is 0 Å². The van der Waals surface area contributed by atoms with Crippen LogP contribution in [0.25, 0.3) is 0 Å². The second kappa shape index (κ2) is 4.32. The number of hydrogen-bond acceptors (Lipinski definition) is 4. The fraction of sp³-hybridized carbons (Fsp3) is 0.800. The third kappa shape index (κ3) is 2.16. The monoisotopic (exact) mass is 194 g/mol. The second-order valence-corrected chi connectivity index (χ2v) is 4.32. The molecule has 4 heteroatoms. The fourth-order valence-electron chi connectivity index (χ4n) is 1.61. The van der Waals surface area contributed by atoms with E-state index in [-0.39, 0.29) is 6.17 Å². The number of hydrazone groups is 1. The zero-order valence-electron chi connectivity index (χ0n) is 9.31. The van der Waals surface area contributed by atoms with Gasteiger partial charge in [-0.15, -0.1) is 0 Å². The maximum Gasteiger partial charge on any atom is 0.187 e. The van der Waals surface area contributed by atoms with Crippen LogP contribution >= 0.6 is 0 Å². The van der Waals surface area contributed by atoms with Crippen molar-refractivity contribution in [2.75, 3.05) is 0 Å². The standard InChI is InChI=1S/C10H18N4/c1-8(2)5-10-13(6-11)7-12-14(10)9(3)4/h7-10H,5H2,1-4H3. The van der Waals surface area contributed by atoms with E-state index in [0.29, 0.717) is 12.0 Å². The van der Waals surface area contributed by atoms with Crippen LogP contribution in [0.15, 0.2) is 5.10 Å². The van der Waals surface area contributed by atoms with Gasteiger partial charge in [0.05, 0.1) is 0 Å². The lowest BCUT2D eigenvalue weighted by Crippen LogP contribution is -2.41. The van der Waals surface area contributed by atoms with Crippen molar-refractivity contribution in [1.82, 2.24) is 9.91 Å². The highest BCUT2D eigenvalue weighted by molar-refractivity contribution is 5.59. The lowest BCUT2D eigenvalue weighted by molar-refractivity contribution is 0.106. The van der Waals surface area contributed by atoms with E-state index in [9.17, 15) is 0 Å². The average Bonchev–Trinajstić information content (AvgIpc) is 2.46. The van der Waals surface area contributed by atoms with Gasteiger partial charge in [0.2, 0.25) is 0 Å². The topological polar surface area (TPSA) is 42.6 Å². The molecule has 1 aliphatic rings. The zero-order chi connectivity index (χ0) is 10.7. The van der Waals surface area contributed by atoms with Crippen molar-refractivity contribution in [2.24, 2.45) is 11.0 Å². The SMILES string of the molecule is CC(C)CC1N(C#N)C=NN1C(C)C. The van der Waals surface area contributed by atoms with Crippen LogP contribution in [-0.4, -0.2) is 28.5 Å². The van der Waals surface area contributed by atoms with E-state index in [2.05, 4.69) is 39.0 Å². The molecule has 0 aromatic carbocycles. The van der Waals surface area contributed by atoms with Crippen LogP contribution in [-0.2, 0) is 0 Å². The van der Waals surface area contributed by atoms with Crippen LogP contribution in [0, 0.1) is 17.4 Å². The molecule has 0 aromatic rings. The summed E-state index contributed by atoms with van der Waals surface area (Å²) in [6.07, 6.45) is 4.84. The Balaban J connectivity index is 2.70. The molecule has 0 fully saturated rings. The summed E-state index contributed by atoms with van der Waals surface area (Å²) in [7, 11) is 0. The van der Waals surface area contributed by atoms with Crippen LogP contribution in [0.5, 0.6) is 0 Å². The molecule has 1 aliphatic heterocycles. The van der Waals surface area contributed by atoms with Gasteiger partial charge in [-0.3, -0.25) is 5.01 Å². The van der Waals surface area contributed by atoms with Gasteiger partial charge in [-0.2, -0.15) is 10.4 Å². The normalized spacial score (nSPS) is 21.1. The Bertz CT molecular complexity index is 251. The predicted molar refractivity (Wildman–Crippen MR) is 56.2 cm³/mol. The first kappa shape index (κ1) is 10.8. The maximum absolute atomic E-state index is 8.91. The van der Waals surface area contributed by atoms with Gasteiger partial charge in [-0.05, 0) is 26.2 Å². The van der Waals surface area contributed by atoms with Gasteiger partial charge in [-0.1, -0.05) is 13.8 Å². The van der Waals surface area contributed by atoms with Crippen LogP contribution in [0.2, 0.25) is 0 Å². The van der Waals surface area contributed by atoms with E-state index >= 15 is 0 Å². The van der Waals surface area contributed by atoms with E-state index in [4.69, 9.17) is 5.26 Å². The Morgan fingerprint density at radius 1 is 1.43 bits per heavy atom. The van der Waals surface area contributed by atoms with E-state index in [0.717, 1.165) is 6.42 Å². The molecule has 0 bridgehead atoms. The highest BCUT2D eigenvalue weighted by Gasteiger charge is 2.30. The summed E-state index contributed by atoms with van der Waals surface area (Å²) in [5.41, 5.74) is 0. The quantitative estimate of drug-likeness (QED) is 0.643. The Labute approximate surface area is 85.8 Å². The lowest BCUT2D eigenvalue weighted by atomic mass is 10.1. The molecule has 0 saturated heterocycles. The number of rotatable bonds is 3. The van der Waals surface area contributed by atoms with Crippen molar-refractivity contribution in [3.63, 3.8) is 0 Å². The van der Waals surface area contributed by atoms with Crippen LogP contribution in [0.4, 0.5) is 0 Å². The van der Waals surface area contributed by atoms with Crippen molar-refractivity contribution in [3.8, 4) is 6.19 Å². The molecule has 1 atom stereocenters. The second-order valence-electron chi connectivity index (χ2n) is 4.32. The number of nitriles is 1. The molecule has 0 saturated carbocycles. The maximum atomic E-state index is 8.91. The average molecular weight is 194 g/mol. The van der Waals surface area contributed by atoms with Crippen molar-refractivity contribution in [1.29, 1.82) is 5.26 Å². The van der Waals surface area contributed by atoms with Crippen molar-refractivity contribution in [2.45, 2.75) is 46.3 Å². The van der Waals surface area contributed by atoms with Crippen molar-refractivity contribution >= 4 is 6.34 Å². The predicted octanol–water partition coefficient (Wildman–Crippen LogP) is 1.81. The molecule has 0 aliphatic carbocycles. The molecule has 1 heterocycles. The Morgan fingerprint density at radius 2 is 2.07 bits per heavy atom. The zero-order valence-corrected chi connectivity index (χ0v) is 9.31. The number of hydrogen-bond donors (Lipinski definition) is 0. The summed E-state index contributed by atoms with van der Waals surface area (Å²) in [6.45, 7) is 8.50. The van der Waals surface area contributed by atoms with Crippen LogP contribution in [0.1, 0.15) is 34.1 Å². The molecular formula is C10H18N4. The van der Waals surface area contributed by atoms with Crippen LogP contribution < -0.4 is 0 Å². The first-order chi connectivity index (χ1) is 6.56. The van der Waals surface area contributed by atoms with Gasteiger partial charge in [0, 0.05) is 6.04 Å². The molecule has 0 aromatic heterocycles. The number of nitrogens with zero attached hydrogens (tertiary/aromatic N) is 4. The third-order valence-corrected chi connectivity index (χ3v) is 2.26. The lowest BCUT2D eigenvalue weighted by Gasteiger charge is -2.30. The van der Waals surface area contributed by atoms with Gasteiger partial charge < -0.3 is 0 Å². The largest absolute Gasteiger partial charge is 0.270 e. The Kier molecular flexibility index (Phi) is 3.34. The summed E-state index contributed by atoms with van der Waals surface area (Å²) < 4.78 is 0. The molecule has 0 N–H and O–H groups in total. The minimum absolute atomic E-state index is 0.111. The molecule has 1 rings (SSSR count). The Hall–Kier alpha value is -1.24. The Morgan fingerprint density at radius 3 is 2.50 bits per heavy atom. The van der Waals surface area contributed by atoms with Crippen LogP contribution in [0.3, 0.4) is 0 Å². The van der Waals surface area contributed by atoms with Gasteiger partial charge >= 0.3 is 0 Å². The highest BCUT2D eigenvalue weighted by atomic mass is 15.6. The van der Waals surface area contributed by atoms with Gasteiger partial charge in [-0.25, -0.2) is 4.90 Å². The first-order valence-electron chi connectivity index (χ1n) is 5.06. The summed E-state index contributed by atoms with van der Waals surface area (Å²) in [5.74, 6) is 0.568. The first-order valence-corrected chi connectivity index (χ1v) is 5.06.